The number of phenolic OH excluding ortho intramolecular Hbond substituents is 1. The Balaban J connectivity index is 2.94. The van der Waals surface area contributed by atoms with Gasteiger partial charge in [-0.25, -0.2) is 0 Å². The van der Waals surface area contributed by atoms with Crippen LogP contribution in [0, 0.1) is 6.92 Å². The lowest BCUT2D eigenvalue weighted by Gasteiger charge is -2.01. The fourth-order valence-electron chi connectivity index (χ4n) is 1.30. The predicted octanol–water partition coefficient (Wildman–Crippen LogP) is 2.25. The number of phenols is 1. The number of aryl methyl sites for hydroxylation is 1. The van der Waals surface area contributed by atoms with Crippen LogP contribution in [0.25, 0.3) is 10.9 Å². The molecule has 2 heteroatoms. The van der Waals surface area contributed by atoms with Crippen LogP contribution in [0.15, 0.2) is 30.5 Å². The van der Waals surface area contributed by atoms with Gasteiger partial charge in [0.25, 0.3) is 0 Å². The maximum atomic E-state index is 9.43. The first-order chi connectivity index (χ1) is 5.79. The quantitative estimate of drug-likeness (QED) is 0.639. The van der Waals surface area contributed by atoms with Gasteiger partial charge in [0.15, 0.2) is 0 Å². The zero-order chi connectivity index (χ0) is 8.55. The minimum absolute atomic E-state index is 0.246. The molecular weight excluding hydrogens is 150 g/mol. The maximum absolute atomic E-state index is 9.43. The second-order valence-corrected chi connectivity index (χ2v) is 2.80. The predicted molar refractivity (Wildman–Crippen MR) is 48.1 cm³/mol. The molecule has 0 aliphatic carbocycles. The van der Waals surface area contributed by atoms with Crippen molar-refractivity contribution in [2.75, 3.05) is 0 Å². The summed E-state index contributed by atoms with van der Waals surface area (Å²) in [6, 6.07) is 7.36. The van der Waals surface area contributed by atoms with Crippen molar-refractivity contribution in [1.82, 2.24) is 4.98 Å². The van der Waals surface area contributed by atoms with Crippen molar-refractivity contribution in [1.29, 1.82) is 0 Å². The Morgan fingerprint density at radius 1 is 1.25 bits per heavy atom. The van der Waals surface area contributed by atoms with Gasteiger partial charge in [0.1, 0.15) is 11.3 Å². The molecule has 2 rings (SSSR count). The van der Waals surface area contributed by atoms with Gasteiger partial charge in [-0.2, -0.15) is 0 Å². The monoisotopic (exact) mass is 159 g/mol. The molecule has 60 valence electrons. The average molecular weight is 159 g/mol. The van der Waals surface area contributed by atoms with Gasteiger partial charge in [0.2, 0.25) is 0 Å². The highest BCUT2D eigenvalue weighted by Crippen LogP contribution is 2.23. The van der Waals surface area contributed by atoms with Crippen molar-refractivity contribution in [3.05, 3.63) is 36.0 Å². The van der Waals surface area contributed by atoms with Crippen molar-refractivity contribution in [2.45, 2.75) is 6.92 Å². The summed E-state index contributed by atoms with van der Waals surface area (Å²) in [5, 5.41) is 10.4. The van der Waals surface area contributed by atoms with E-state index < -0.39 is 0 Å². The lowest BCUT2D eigenvalue weighted by Crippen LogP contribution is -1.81. The molecular formula is C10H9NO. The number of hydrogen-bond donors (Lipinski definition) is 1. The van der Waals surface area contributed by atoms with Crippen molar-refractivity contribution >= 4 is 10.9 Å². The Hall–Kier alpha value is -1.57. The SMILES string of the molecule is Cc1ccnc2c(O)cccc12. The van der Waals surface area contributed by atoms with Crippen LogP contribution in [0.2, 0.25) is 0 Å². The fraction of sp³-hybridized carbons (Fsp3) is 0.100. The van der Waals surface area contributed by atoms with Crippen LogP contribution in [0.1, 0.15) is 5.56 Å². The molecule has 0 aliphatic heterocycles. The molecule has 0 amide bonds. The standard InChI is InChI=1S/C10H9NO/c1-7-5-6-11-10-8(7)3-2-4-9(10)12/h2-6,12H,1H3. The molecule has 0 saturated carbocycles. The van der Waals surface area contributed by atoms with E-state index in [-0.39, 0.29) is 5.75 Å². The van der Waals surface area contributed by atoms with E-state index in [1.54, 1.807) is 12.3 Å². The van der Waals surface area contributed by atoms with Crippen LogP contribution < -0.4 is 0 Å². The molecule has 2 nitrogen and oxygen atoms in total. The Morgan fingerprint density at radius 2 is 2.08 bits per heavy atom. The molecule has 1 heterocycles. The number of benzene rings is 1. The third-order valence-corrected chi connectivity index (χ3v) is 1.97. The highest BCUT2D eigenvalue weighted by atomic mass is 16.3. The van der Waals surface area contributed by atoms with Crippen molar-refractivity contribution < 1.29 is 5.11 Å². The summed E-state index contributed by atoms with van der Waals surface area (Å²) in [5.41, 5.74) is 1.81. The number of hydrogen-bond acceptors (Lipinski definition) is 2. The second-order valence-electron chi connectivity index (χ2n) is 2.80. The molecule has 0 radical (unpaired) electrons. The van der Waals surface area contributed by atoms with Crippen molar-refractivity contribution in [3.63, 3.8) is 0 Å². The first kappa shape index (κ1) is 7.10. The minimum Gasteiger partial charge on any atom is -0.506 e. The Labute approximate surface area is 70.5 Å². The minimum atomic E-state index is 0.246. The van der Waals surface area contributed by atoms with Gasteiger partial charge in [0, 0.05) is 11.6 Å². The normalized spacial score (nSPS) is 10.4. The fourth-order valence-corrected chi connectivity index (χ4v) is 1.30. The Kier molecular flexibility index (Phi) is 1.47. The highest BCUT2D eigenvalue weighted by Gasteiger charge is 2.00. The van der Waals surface area contributed by atoms with Gasteiger partial charge < -0.3 is 5.11 Å². The molecule has 0 fully saturated rings. The second kappa shape index (κ2) is 2.48. The number of aromatic hydroxyl groups is 1. The van der Waals surface area contributed by atoms with Gasteiger partial charge in [-0.3, -0.25) is 4.98 Å². The first-order valence-electron chi connectivity index (χ1n) is 3.82. The molecule has 0 unspecified atom stereocenters. The zero-order valence-corrected chi connectivity index (χ0v) is 6.78. The van der Waals surface area contributed by atoms with Gasteiger partial charge in [0.05, 0.1) is 0 Å². The van der Waals surface area contributed by atoms with Gasteiger partial charge in [-0.15, -0.1) is 0 Å². The van der Waals surface area contributed by atoms with Gasteiger partial charge in [-0.05, 0) is 24.6 Å². The van der Waals surface area contributed by atoms with E-state index in [1.165, 1.54) is 0 Å². The number of nitrogens with zero attached hydrogens (tertiary/aromatic N) is 1. The zero-order valence-electron chi connectivity index (χ0n) is 6.78. The van der Waals surface area contributed by atoms with E-state index in [2.05, 4.69) is 4.98 Å². The van der Waals surface area contributed by atoms with Crippen LogP contribution in [0.3, 0.4) is 0 Å². The topological polar surface area (TPSA) is 33.1 Å². The van der Waals surface area contributed by atoms with E-state index in [0.717, 1.165) is 10.9 Å². The smallest absolute Gasteiger partial charge is 0.141 e. The van der Waals surface area contributed by atoms with Crippen molar-refractivity contribution in [2.24, 2.45) is 0 Å². The summed E-state index contributed by atoms with van der Waals surface area (Å²) in [4.78, 5) is 4.09. The number of fused-ring (bicyclic) bond motifs is 1. The highest BCUT2D eigenvalue weighted by molar-refractivity contribution is 5.86. The molecule has 0 atom stereocenters. The summed E-state index contributed by atoms with van der Waals surface area (Å²) < 4.78 is 0. The molecule has 0 saturated heterocycles. The molecule has 1 N–H and O–H groups in total. The number of rotatable bonds is 0. The van der Waals surface area contributed by atoms with E-state index >= 15 is 0 Å². The lowest BCUT2D eigenvalue weighted by molar-refractivity contribution is 0.480. The maximum Gasteiger partial charge on any atom is 0.141 e. The van der Waals surface area contributed by atoms with Gasteiger partial charge >= 0.3 is 0 Å². The summed E-state index contributed by atoms with van der Waals surface area (Å²) in [7, 11) is 0. The van der Waals surface area contributed by atoms with E-state index in [0.29, 0.717) is 5.52 Å². The summed E-state index contributed by atoms with van der Waals surface area (Å²) in [6.45, 7) is 2.00. The molecule has 0 bridgehead atoms. The number of aromatic nitrogens is 1. The van der Waals surface area contributed by atoms with Crippen LogP contribution in [0.5, 0.6) is 5.75 Å². The summed E-state index contributed by atoms with van der Waals surface area (Å²) >= 11 is 0. The lowest BCUT2D eigenvalue weighted by atomic mass is 10.1. The molecule has 0 aliphatic rings. The third kappa shape index (κ3) is 0.925. The molecule has 12 heavy (non-hydrogen) atoms. The number of para-hydroxylation sites is 1. The van der Waals surface area contributed by atoms with Crippen LogP contribution >= 0.6 is 0 Å². The summed E-state index contributed by atoms with van der Waals surface area (Å²) in [5.74, 6) is 0.246. The third-order valence-electron chi connectivity index (χ3n) is 1.97. The molecule has 1 aromatic carbocycles. The average Bonchev–Trinajstić information content (AvgIpc) is 2.07. The van der Waals surface area contributed by atoms with E-state index in [4.69, 9.17) is 0 Å². The molecule has 0 spiro atoms. The first-order valence-corrected chi connectivity index (χ1v) is 3.82. The number of pyridine rings is 1. The van der Waals surface area contributed by atoms with E-state index in [9.17, 15) is 5.11 Å². The van der Waals surface area contributed by atoms with Gasteiger partial charge in [-0.1, -0.05) is 12.1 Å². The van der Waals surface area contributed by atoms with Crippen molar-refractivity contribution in [3.8, 4) is 5.75 Å². The van der Waals surface area contributed by atoms with Crippen LogP contribution in [0.4, 0.5) is 0 Å². The van der Waals surface area contributed by atoms with Crippen LogP contribution in [-0.4, -0.2) is 10.1 Å². The summed E-state index contributed by atoms with van der Waals surface area (Å²) in [6.07, 6.45) is 1.71. The van der Waals surface area contributed by atoms with E-state index in [1.807, 2.05) is 25.1 Å². The molecule has 2 aromatic rings. The van der Waals surface area contributed by atoms with Crippen LogP contribution in [-0.2, 0) is 0 Å². The Bertz CT molecular complexity index is 382. The largest absolute Gasteiger partial charge is 0.506 e. The molecule has 1 aromatic heterocycles. The Morgan fingerprint density at radius 3 is 2.83 bits per heavy atom.